The minimum absolute atomic E-state index is 0.0358. The standard InChI is InChI=1S/C29H47BrO3/c1-18(2)8-7-9-19(3)23-10-11-24-22-16-26(32)29(30)17-21(33-20(4)31)12-15-28(29,6)25(22)13-14-27(23,24)5/h18-19,21-25H,7-17H2,1-6H3/t19-,21-,22-,23+,24-,25-,27+,28+,29+/m0/s1. The summed E-state index contributed by atoms with van der Waals surface area (Å²) in [6.45, 7) is 13.6. The van der Waals surface area contributed by atoms with Crippen molar-refractivity contribution < 1.29 is 14.3 Å². The molecule has 0 bridgehead atoms. The second-order valence-electron chi connectivity index (χ2n) is 13.2. The Morgan fingerprint density at radius 1 is 1.06 bits per heavy atom. The van der Waals surface area contributed by atoms with Gasteiger partial charge in [-0.25, -0.2) is 0 Å². The number of fused-ring (bicyclic) bond motifs is 5. The number of ether oxygens (including phenoxy) is 1. The first-order valence-electron chi connectivity index (χ1n) is 13.8. The molecule has 4 heteroatoms. The number of carbonyl (C=O) groups excluding carboxylic acids is 2. The fourth-order valence-corrected chi connectivity index (χ4v) is 10.3. The van der Waals surface area contributed by atoms with Crippen LogP contribution in [0.3, 0.4) is 0 Å². The van der Waals surface area contributed by atoms with Crippen LogP contribution < -0.4 is 0 Å². The molecule has 4 saturated carbocycles. The zero-order chi connectivity index (χ0) is 24.2. The van der Waals surface area contributed by atoms with E-state index < -0.39 is 4.32 Å². The Kier molecular flexibility index (Phi) is 7.20. The lowest BCUT2D eigenvalue weighted by atomic mass is 9.44. The fourth-order valence-electron chi connectivity index (χ4n) is 9.32. The molecule has 0 amide bonds. The van der Waals surface area contributed by atoms with Gasteiger partial charge in [0.2, 0.25) is 0 Å². The Morgan fingerprint density at radius 3 is 2.45 bits per heavy atom. The van der Waals surface area contributed by atoms with Gasteiger partial charge in [-0.2, -0.15) is 0 Å². The van der Waals surface area contributed by atoms with Crippen LogP contribution in [0.2, 0.25) is 0 Å². The van der Waals surface area contributed by atoms with E-state index in [-0.39, 0.29) is 17.5 Å². The van der Waals surface area contributed by atoms with E-state index in [1.807, 2.05) is 0 Å². The third kappa shape index (κ3) is 4.27. The van der Waals surface area contributed by atoms with Gasteiger partial charge in [-0.05, 0) is 84.9 Å². The monoisotopic (exact) mass is 522 g/mol. The van der Waals surface area contributed by atoms with Crippen LogP contribution in [0.25, 0.3) is 0 Å². The van der Waals surface area contributed by atoms with Crippen LogP contribution in [0.1, 0.15) is 112 Å². The number of hydrogen-bond donors (Lipinski definition) is 0. The van der Waals surface area contributed by atoms with E-state index in [1.54, 1.807) is 0 Å². The van der Waals surface area contributed by atoms with Crippen molar-refractivity contribution in [3.05, 3.63) is 0 Å². The number of Topliss-reactive ketones (excluding diaryl/α,β-unsaturated/α-hetero) is 1. The Balaban J connectivity index is 1.52. The first-order valence-corrected chi connectivity index (χ1v) is 14.6. The smallest absolute Gasteiger partial charge is 0.302 e. The van der Waals surface area contributed by atoms with Gasteiger partial charge in [0.1, 0.15) is 6.10 Å². The zero-order valence-corrected chi connectivity index (χ0v) is 23.5. The van der Waals surface area contributed by atoms with Gasteiger partial charge in [0, 0.05) is 19.8 Å². The van der Waals surface area contributed by atoms with Crippen molar-refractivity contribution in [2.24, 2.45) is 46.3 Å². The maximum atomic E-state index is 13.8. The minimum atomic E-state index is -0.532. The van der Waals surface area contributed by atoms with Crippen molar-refractivity contribution in [2.45, 2.75) is 123 Å². The van der Waals surface area contributed by atoms with Gasteiger partial charge in [0.05, 0.1) is 4.32 Å². The highest BCUT2D eigenvalue weighted by Gasteiger charge is 2.67. The number of alkyl halides is 1. The van der Waals surface area contributed by atoms with Crippen LogP contribution in [0.4, 0.5) is 0 Å². The molecule has 4 fully saturated rings. The number of halogens is 1. The number of rotatable bonds is 6. The predicted molar refractivity (Wildman–Crippen MR) is 137 cm³/mol. The van der Waals surface area contributed by atoms with Crippen molar-refractivity contribution in [2.75, 3.05) is 0 Å². The van der Waals surface area contributed by atoms with Gasteiger partial charge in [-0.1, -0.05) is 69.8 Å². The highest BCUT2D eigenvalue weighted by atomic mass is 79.9. The molecule has 188 valence electrons. The Labute approximate surface area is 210 Å². The number of carbonyl (C=O) groups is 2. The summed E-state index contributed by atoms with van der Waals surface area (Å²) in [6, 6.07) is 0. The molecule has 0 aromatic rings. The Hall–Kier alpha value is -0.380. The summed E-state index contributed by atoms with van der Waals surface area (Å²) in [5.41, 5.74) is 0.363. The molecule has 0 N–H and O–H groups in total. The quantitative estimate of drug-likeness (QED) is 0.264. The summed E-state index contributed by atoms with van der Waals surface area (Å²) in [5.74, 6) is 4.38. The molecule has 33 heavy (non-hydrogen) atoms. The van der Waals surface area contributed by atoms with Gasteiger partial charge >= 0.3 is 5.97 Å². The van der Waals surface area contributed by atoms with Crippen LogP contribution in [-0.2, 0) is 14.3 Å². The van der Waals surface area contributed by atoms with Crippen LogP contribution >= 0.6 is 15.9 Å². The van der Waals surface area contributed by atoms with Crippen LogP contribution in [0.5, 0.6) is 0 Å². The maximum absolute atomic E-state index is 13.8. The van der Waals surface area contributed by atoms with E-state index in [4.69, 9.17) is 4.74 Å². The number of ketones is 1. The molecule has 0 radical (unpaired) electrons. The fraction of sp³-hybridized carbons (Fsp3) is 0.931. The molecule has 4 aliphatic rings. The van der Waals surface area contributed by atoms with Crippen molar-refractivity contribution in [3.8, 4) is 0 Å². The molecule has 0 heterocycles. The molecular formula is C29H47BrO3. The first kappa shape index (κ1) is 25.7. The molecule has 4 aliphatic carbocycles. The second kappa shape index (κ2) is 9.25. The number of hydrogen-bond acceptors (Lipinski definition) is 3. The third-order valence-corrected chi connectivity index (χ3v) is 12.7. The Morgan fingerprint density at radius 2 is 1.79 bits per heavy atom. The lowest BCUT2D eigenvalue weighted by molar-refractivity contribution is -0.163. The lowest BCUT2D eigenvalue weighted by Crippen LogP contribution is -2.64. The average Bonchev–Trinajstić information content (AvgIpc) is 3.07. The molecule has 9 atom stereocenters. The summed E-state index contributed by atoms with van der Waals surface area (Å²) < 4.78 is 5.05. The lowest BCUT2D eigenvalue weighted by Gasteiger charge is -2.63. The molecule has 0 aromatic heterocycles. The predicted octanol–water partition coefficient (Wildman–Crippen LogP) is 7.74. The summed E-state index contributed by atoms with van der Waals surface area (Å²) in [6.07, 6.45) is 12.4. The normalized spacial score (nSPS) is 45.8. The third-order valence-electron chi connectivity index (χ3n) is 11.1. The van der Waals surface area contributed by atoms with Gasteiger partial charge in [0.25, 0.3) is 0 Å². The number of esters is 1. The van der Waals surface area contributed by atoms with Crippen molar-refractivity contribution in [1.29, 1.82) is 0 Å². The van der Waals surface area contributed by atoms with Crippen molar-refractivity contribution in [3.63, 3.8) is 0 Å². The maximum Gasteiger partial charge on any atom is 0.302 e. The van der Waals surface area contributed by atoms with E-state index in [9.17, 15) is 9.59 Å². The summed E-state index contributed by atoms with van der Waals surface area (Å²) in [7, 11) is 0. The molecule has 4 rings (SSSR count). The Bertz CT molecular complexity index is 764. The molecule has 0 saturated heterocycles. The van der Waals surface area contributed by atoms with Gasteiger partial charge in [-0.3, -0.25) is 9.59 Å². The van der Waals surface area contributed by atoms with E-state index in [0.717, 1.165) is 30.6 Å². The van der Waals surface area contributed by atoms with E-state index in [1.165, 1.54) is 51.9 Å². The summed E-state index contributed by atoms with van der Waals surface area (Å²) in [5, 5.41) is 0. The highest BCUT2D eigenvalue weighted by Crippen LogP contribution is 2.70. The minimum Gasteiger partial charge on any atom is -0.462 e. The molecule has 3 nitrogen and oxygen atoms in total. The second-order valence-corrected chi connectivity index (χ2v) is 14.6. The summed E-state index contributed by atoms with van der Waals surface area (Å²) >= 11 is 4.01. The zero-order valence-electron chi connectivity index (χ0n) is 21.9. The van der Waals surface area contributed by atoms with Crippen molar-refractivity contribution >= 4 is 27.7 Å². The molecular weight excluding hydrogens is 476 g/mol. The van der Waals surface area contributed by atoms with Crippen LogP contribution in [0, 0.1) is 46.3 Å². The molecule has 0 aromatic carbocycles. The molecule has 0 spiro atoms. The van der Waals surface area contributed by atoms with Gasteiger partial charge in [-0.15, -0.1) is 0 Å². The highest BCUT2D eigenvalue weighted by molar-refractivity contribution is 9.10. The van der Waals surface area contributed by atoms with E-state index in [2.05, 4.69) is 50.5 Å². The first-order chi connectivity index (χ1) is 15.4. The topological polar surface area (TPSA) is 43.4 Å². The van der Waals surface area contributed by atoms with Gasteiger partial charge < -0.3 is 4.74 Å². The SMILES string of the molecule is CC(=O)O[C@H]1CC[C@]2(C)[C@H]3CC[C@]4(C)[C@@H]([C@@H](C)CCCC(C)C)CC[C@H]4[C@@H]3CC(=O)[C@]2(Br)C1. The van der Waals surface area contributed by atoms with Crippen molar-refractivity contribution in [1.82, 2.24) is 0 Å². The molecule has 0 unspecified atom stereocenters. The van der Waals surface area contributed by atoms with Crippen LogP contribution in [0.15, 0.2) is 0 Å². The van der Waals surface area contributed by atoms with E-state index in [0.29, 0.717) is 41.8 Å². The summed E-state index contributed by atoms with van der Waals surface area (Å²) in [4.78, 5) is 25.4. The van der Waals surface area contributed by atoms with Gasteiger partial charge in [0.15, 0.2) is 5.78 Å². The largest absolute Gasteiger partial charge is 0.462 e. The molecule has 0 aliphatic heterocycles. The van der Waals surface area contributed by atoms with E-state index >= 15 is 0 Å². The average molecular weight is 524 g/mol. The van der Waals surface area contributed by atoms with Crippen LogP contribution in [-0.4, -0.2) is 22.2 Å².